The summed E-state index contributed by atoms with van der Waals surface area (Å²) in [5, 5.41) is 4.25. The summed E-state index contributed by atoms with van der Waals surface area (Å²) in [6.07, 6.45) is 0.628. The van der Waals surface area contributed by atoms with Crippen molar-refractivity contribution >= 4 is 27.3 Å². The zero-order valence-electron chi connectivity index (χ0n) is 21.4. The Kier molecular flexibility index (Phi) is 8.53. The van der Waals surface area contributed by atoms with Gasteiger partial charge in [0.1, 0.15) is 12.3 Å². The molecule has 190 valence electrons. The van der Waals surface area contributed by atoms with Crippen LogP contribution in [0.25, 0.3) is 0 Å². The molecule has 0 aliphatic carbocycles. The first-order valence-corrected chi connectivity index (χ1v) is 13.1. The molecule has 7 nitrogen and oxygen atoms in total. The molecule has 0 saturated heterocycles. The van der Waals surface area contributed by atoms with Gasteiger partial charge < -0.3 is 4.74 Å². The molecule has 36 heavy (non-hydrogen) atoms. The molecule has 8 heteroatoms. The van der Waals surface area contributed by atoms with Crippen LogP contribution in [-0.2, 0) is 20.2 Å². The number of nitrogens with one attached hydrogen (secondary N) is 1. The molecule has 0 bridgehead atoms. The Morgan fingerprint density at radius 2 is 1.58 bits per heavy atom. The summed E-state index contributed by atoms with van der Waals surface area (Å²) in [4.78, 5) is 12.9. The number of sulfonamides is 1. The molecule has 0 aromatic heterocycles. The van der Waals surface area contributed by atoms with Gasteiger partial charge >= 0.3 is 0 Å². The summed E-state index contributed by atoms with van der Waals surface area (Å²) >= 11 is 0. The fourth-order valence-electron chi connectivity index (χ4n) is 3.90. The lowest BCUT2D eigenvalue weighted by Gasteiger charge is -2.25. The molecule has 0 spiro atoms. The minimum Gasteiger partial charge on any atom is -0.497 e. The summed E-state index contributed by atoms with van der Waals surface area (Å²) in [6, 6.07) is 23.1. The Bertz CT molecular complexity index is 1300. The van der Waals surface area contributed by atoms with E-state index in [-0.39, 0.29) is 10.3 Å². The highest BCUT2D eigenvalue weighted by Crippen LogP contribution is 2.27. The van der Waals surface area contributed by atoms with Crippen molar-refractivity contribution in [2.45, 2.75) is 44.4 Å². The number of anilines is 1. The van der Waals surface area contributed by atoms with E-state index in [0.717, 1.165) is 15.6 Å². The number of hydrogen-bond acceptors (Lipinski definition) is 5. The van der Waals surface area contributed by atoms with Crippen molar-refractivity contribution in [1.82, 2.24) is 5.43 Å². The Labute approximate surface area is 213 Å². The average molecular weight is 508 g/mol. The van der Waals surface area contributed by atoms with Crippen molar-refractivity contribution in [3.05, 3.63) is 90.0 Å². The quantitative estimate of drug-likeness (QED) is 0.307. The molecule has 3 aromatic rings. The number of amides is 1. The number of ether oxygens (including phenoxy) is 1. The van der Waals surface area contributed by atoms with Crippen LogP contribution >= 0.6 is 0 Å². The lowest BCUT2D eigenvalue weighted by Crippen LogP contribution is -2.39. The van der Waals surface area contributed by atoms with Gasteiger partial charge in [-0.15, -0.1) is 0 Å². The van der Waals surface area contributed by atoms with E-state index in [9.17, 15) is 13.2 Å². The summed E-state index contributed by atoms with van der Waals surface area (Å²) in [7, 11) is -2.51. The van der Waals surface area contributed by atoms with Crippen LogP contribution in [0.4, 0.5) is 5.69 Å². The summed E-state index contributed by atoms with van der Waals surface area (Å²) in [5.41, 5.74) is 5.62. The van der Waals surface area contributed by atoms with Crippen molar-refractivity contribution in [3.8, 4) is 5.75 Å². The van der Waals surface area contributed by atoms with Crippen molar-refractivity contribution in [2.75, 3.05) is 18.0 Å². The fraction of sp³-hybridized carbons (Fsp3) is 0.286. The highest BCUT2D eigenvalue weighted by Gasteiger charge is 2.27. The molecular formula is C28H33N3O4S. The third kappa shape index (κ3) is 6.73. The van der Waals surface area contributed by atoms with Crippen LogP contribution in [0.1, 0.15) is 38.3 Å². The van der Waals surface area contributed by atoms with Gasteiger partial charge in [-0.3, -0.25) is 9.10 Å². The standard InChI is InChI=1S/C28H33N3O4S/c1-21-11-13-24(14-12-21)31(36(33,34)26-17-15-25(35-5)16-18-26)20-27(32)30-29-22(2)19-28(3,4)23-9-7-6-8-10-23/h6-18H,19-20H2,1-5H3,(H,30,32)/b29-22-. The van der Waals surface area contributed by atoms with Gasteiger partial charge in [0.15, 0.2) is 0 Å². The topological polar surface area (TPSA) is 88.1 Å². The number of rotatable bonds is 10. The Balaban J connectivity index is 1.79. The average Bonchev–Trinajstić information content (AvgIpc) is 2.87. The molecule has 0 heterocycles. The molecule has 0 aliphatic heterocycles. The zero-order valence-corrected chi connectivity index (χ0v) is 22.2. The van der Waals surface area contributed by atoms with E-state index in [0.29, 0.717) is 17.9 Å². The second-order valence-electron chi connectivity index (χ2n) is 9.33. The maximum atomic E-state index is 13.5. The molecular weight excluding hydrogens is 474 g/mol. The smallest absolute Gasteiger partial charge is 0.264 e. The highest BCUT2D eigenvalue weighted by molar-refractivity contribution is 7.92. The first-order chi connectivity index (χ1) is 17.0. The second-order valence-corrected chi connectivity index (χ2v) is 11.2. The number of methoxy groups -OCH3 is 1. The van der Waals surface area contributed by atoms with E-state index in [2.05, 4.69) is 36.5 Å². The SMILES string of the molecule is COc1ccc(S(=O)(=O)N(CC(=O)N/N=C(/C)CC(C)(C)c2ccccc2)c2ccc(C)cc2)cc1. The second kappa shape index (κ2) is 11.4. The number of benzene rings is 3. The maximum absolute atomic E-state index is 13.5. The lowest BCUT2D eigenvalue weighted by molar-refractivity contribution is -0.119. The molecule has 0 fully saturated rings. The summed E-state index contributed by atoms with van der Waals surface area (Å²) in [5.74, 6) is 0.00125. The molecule has 1 amide bonds. The minimum atomic E-state index is -4.02. The van der Waals surface area contributed by atoms with E-state index >= 15 is 0 Å². The first-order valence-electron chi connectivity index (χ1n) is 11.6. The molecule has 0 atom stereocenters. The van der Waals surface area contributed by atoms with Crippen LogP contribution in [0.3, 0.4) is 0 Å². The molecule has 0 saturated carbocycles. The number of aryl methyl sites for hydroxylation is 1. The van der Waals surface area contributed by atoms with Crippen LogP contribution in [-0.4, -0.2) is 33.7 Å². The van der Waals surface area contributed by atoms with Crippen LogP contribution < -0.4 is 14.5 Å². The van der Waals surface area contributed by atoms with E-state index in [1.165, 1.54) is 24.8 Å². The van der Waals surface area contributed by atoms with E-state index in [4.69, 9.17) is 4.74 Å². The molecule has 0 radical (unpaired) electrons. The van der Waals surface area contributed by atoms with Gasteiger partial charge in [-0.2, -0.15) is 5.10 Å². The largest absolute Gasteiger partial charge is 0.497 e. The van der Waals surface area contributed by atoms with E-state index < -0.39 is 22.5 Å². The van der Waals surface area contributed by atoms with Crippen LogP contribution in [0.15, 0.2) is 88.9 Å². The van der Waals surface area contributed by atoms with Gasteiger partial charge in [0.25, 0.3) is 15.9 Å². The Hall–Kier alpha value is -3.65. The van der Waals surface area contributed by atoms with E-state index in [1.54, 1.807) is 36.4 Å². The maximum Gasteiger partial charge on any atom is 0.264 e. The molecule has 0 aliphatic rings. The predicted molar refractivity (Wildman–Crippen MR) is 144 cm³/mol. The minimum absolute atomic E-state index is 0.0565. The number of carbonyl (C=O) groups excluding carboxylic acids is 1. The van der Waals surface area contributed by atoms with Crippen molar-refractivity contribution < 1.29 is 17.9 Å². The normalized spacial score (nSPS) is 12.2. The van der Waals surface area contributed by atoms with Crippen molar-refractivity contribution in [2.24, 2.45) is 5.10 Å². The summed E-state index contributed by atoms with van der Waals surface area (Å²) in [6.45, 7) is 7.56. The Morgan fingerprint density at radius 1 is 0.972 bits per heavy atom. The monoisotopic (exact) mass is 507 g/mol. The van der Waals surface area contributed by atoms with Gasteiger partial charge in [0.2, 0.25) is 0 Å². The van der Waals surface area contributed by atoms with Crippen molar-refractivity contribution in [1.29, 1.82) is 0 Å². The number of hydrogen-bond donors (Lipinski definition) is 1. The summed E-state index contributed by atoms with van der Waals surface area (Å²) < 4.78 is 33.2. The fourth-order valence-corrected chi connectivity index (χ4v) is 5.32. The predicted octanol–water partition coefficient (Wildman–Crippen LogP) is 5.06. The lowest BCUT2D eigenvalue weighted by atomic mass is 9.80. The van der Waals surface area contributed by atoms with Gasteiger partial charge in [0, 0.05) is 5.71 Å². The van der Waals surface area contributed by atoms with Gasteiger partial charge in [0.05, 0.1) is 17.7 Å². The van der Waals surface area contributed by atoms with Gasteiger partial charge in [-0.25, -0.2) is 13.8 Å². The molecule has 3 rings (SSSR count). The molecule has 3 aromatic carbocycles. The van der Waals surface area contributed by atoms with Crippen LogP contribution in [0.5, 0.6) is 5.75 Å². The first kappa shape index (κ1) is 26.9. The van der Waals surface area contributed by atoms with Crippen LogP contribution in [0, 0.1) is 6.92 Å². The van der Waals surface area contributed by atoms with Crippen LogP contribution in [0.2, 0.25) is 0 Å². The third-order valence-corrected chi connectivity index (χ3v) is 7.67. The van der Waals surface area contributed by atoms with Gasteiger partial charge in [-0.1, -0.05) is 61.9 Å². The Morgan fingerprint density at radius 3 is 2.17 bits per heavy atom. The zero-order chi connectivity index (χ0) is 26.3. The molecule has 0 unspecified atom stereocenters. The third-order valence-electron chi connectivity index (χ3n) is 5.88. The molecule has 1 N–H and O–H groups in total. The van der Waals surface area contributed by atoms with Crippen molar-refractivity contribution in [3.63, 3.8) is 0 Å². The van der Waals surface area contributed by atoms with E-state index in [1.807, 2.05) is 32.0 Å². The number of hydrazone groups is 1. The number of carbonyl (C=O) groups is 1. The number of nitrogens with zero attached hydrogens (tertiary/aromatic N) is 2. The van der Waals surface area contributed by atoms with Gasteiger partial charge in [-0.05, 0) is 67.6 Å². The highest BCUT2D eigenvalue weighted by atomic mass is 32.2.